The van der Waals surface area contributed by atoms with Crippen molar-refractivity contribution in [3.8, 4) is 28.3 Å². The zero-order chi connectivity index (χ0) is 26.6. The number of hydrogen-bond acceptors (Lipinski definition) is 5. The van der Waals surface area contributed by atoms with Crippen LogP contribution < -0.4 is 15.4 Å². The maximum atomic E-state index is 12.8. The average molecular weight is 522 g/mol. The standard InChI is InChI=1S/C31H27N3O3S/c1-19(2)23-13-16-28-26(17-23)32-30(37-28)24-14-15-27(36-3)25(18-24)33-31(38)34-29(35)22-11-9-21(10-12-22)20-7-5-4-6-8-20/h4-19H,1-3H3,(H2,33,34,35,38). The predicted molar refractivity (Wildman–Crippen MR) is 156 cm³/mol. The van der Waals surface area contributed by atoms with Gasteiger partial charge >= 0.3 is 0 Å². The number of rotatable bonds is 6. The van der Waals surface area contributed by atoms with E-state index in [0.29, 0.717) is 28.8 Å². The van der Waals surface area contributed by atoms with Gasteiger partial charge in [-0.05, 0) is 77.3 Å². The summed E-state index contributed by atoms with van der Waals surface area (Å²) in [5.41, 5.74) is 6.67. The predicted octanol–water partition coefficient (Wildman–Crippen LogP) is 7.42. The summed E-state index contributed by atoms with van der Waals surface area (Å²) in [6.07, 6.45) is 0. The second kappa shape index (κ2) is 10.9. The molecule has 190 valence electrons. The molecule has 0 unspecified atom stereocenters. The van der Waals surface area contributed by atoms with Gasteiger partial charge in [-0.3, -0.25) is 10.1 Å². The summed E-state index contributed by atoms with van der Waals surface area (Å²) in [5, 5.41) is 5.96. The number of oxazole rings is 1. The lowest BCUT2D eigenvalue weighted by Gasteiger charge is -2.14. The number of thiocarbonyl (C=S) groups is 1. The van der Waals surface area contributed by atoms with E-state index in [-0.39, 0.29) is 11.0 Å². The quantitative estimate of drug-likeness (QED) is 0.227. The molecule has 0 aliphatic rings. The Bertz CT molecular complexity index is 1610. The van der Waals surface area contributed by atoms with Gasteiger partial charge in [0.2, 0.25) is 5.89 Å². The van der Waals surface area contributed by atoms with Crippen LogP contribution in [0.1, 0.15) is 35.7 Å². The van der Waals surface area contributed by atoms with E-state index in [4.69, 9.17) is 21.4 Å². The summed E-state index contributed by atoms with van der Waals surface area (Å²) in [6.45, 7) is 4.29. The van der Waals surface area contributed by atoms with Crippen LogP contribution >= 0.6 is 12.2 Å². The van der Waals surface area contributed by atoms with E-state index in [9.17, 15) is 4.79 Å². The van der Waals surface area contributed by atoms with Crippen LogP contribution in [0.25, 0.3) is 33.7 Å². The summed E-state index contributed by atoms with van der Waals surface area (Å²) < 4.78 is 11.5. The van der Waals surface area contributed by atoms with Crippen LogP contribution in [0, 0.1) is 0 Å². The maximum Gasteiger partial charge on any atom is 0.257 e. The third-order valence-electron chi connectivity index (χ3n) is 6.25. The fourth-order valence-corrected chi connectivity index (χ4v) is 4.34. The van der Waals surface area contributed by atoms with Crippen LogP contribution in [-0.2, 0) is 0 Å². The molecule has 0 spiro atoms. The number of carbonyl (C=O) groups excluding carboxylic acids is 1. The van der Waals surface area contributed by atoms with Crippen LogP contribution in [0.4, 0.5) is 5.69 Å². The van der Waals surface area contributed by atoms with Crippen molar-refractivity contribution in [2.45, 2.75) is 19.8 Å². The molecule has 0 saturated heterocycles. The van der Waals surface area contributed by atoms with Crippen LogP contribution in [-0.4, -0.2) is 23.1 Å². The first kappa shape index (κ1) is 25.2. The highest BCUT2D eigenvalue weighted by Crippen LogP contribution is 2.32. The van der Waals surface area contributed by atoms with Crippen molar-refractivity contribution in [1.29, 1.82) is 0 Å². The number of amides is 1. The number of fused-ring (bicyclic) bond motifs is 1. The first-order valence-corrected chi connectivity index (χ1v) is 12.7. The fraction of sp³-hybridized carbons (Fsp3) is 0.129. The maximum absolute atomic E-state index is 12.8. The Balaban J connectivity index is 1.31. The van der Waals surface area contributed by atoms with Crippen LogP contribution in [0.5, 0.6) is 5.75 Å². The molecule has 0 aliphatic heterocycles. The molecular weight excluding hydrogens is 494 g/mol. The van der Waals surface area contributed by atoms with Crippen molar-refractivity contribution >= 4 is 40.0 Å². The average Bonchev–Trinajstić information content (AvgIpc) is 3.37. The minimum Gasteiger partial charge on any atom is -0.495 e. The third kappa shape index (κ3) is 5.43. The van der Waals surface area contributed by atoms with Gasteiger partial charge in [-0.1, -0.05) is 62.4 Å². The molecule has 0 radical (unpaired) electrons. The van der Waals surface area contributed by atoms with Gasteiger partial charge in [-0.15, -0.1) is 0 Å². The van der Waals surface area contributed by atoms with Crippen molar-refractivity contribution in [3.05, 3.63) is 102 Å². The van der Waals surface area contributed by atoms with E-state index >= 15 is 0 Å². The molecule has 2 N–H and O–H groups in total. The highest BCUT2D eigenvalue weighted by molar-refractivity contribution is 7.80. The second-order valence-electron chi connectivity index (χ2n) is 9.17. The Hall–Kier alpha value is -4.49. The summed E-state index contributed by atoms with van der Waals surface area (Å²) in [4.78, 5) is 17.5. The van der Waals surface area contributed by atoms with Gasteiger partial charge < -0.3 is 14.5 Å². The molecule has 7 heteroatoms. The Morgan fingerprint density at radius 2 is 1.61 bits per heavy atom. The van der Waals surface area contributed by atoms with Crippen molar-refractivity contribution in [3.63, 3.8) is 0 Å². The van der Waals surface area contributed by atoms with Crippen molar-refractivity contribution in [1.82, 2.24) is 10.3 Å². The zero-order valence-corrected chi connectivity index (χ0v) is 22.1. The number of anilines is 1. The lowest BCUT2D eigenvalue weighted by molar-refractivity contribution is 0.0977. The topological polar surface area (TPSA) is 76.4 Å². The molecule has 38 heavy (non-hydrogen) atoms. The third-order valence-corrected chi connectivity index (χ3v) is 6.46. The smallest absolute Gasteiger partial charge is 0.257 e. The minimum absolute atomic E-state index is 0.150. The molecule has 1 amide bonds. The number of nitrogens with one attached hydrogen (secondary N) is 2. The SMILES string of the molecule is COc1ccc(-c2nc3cc(C(C)C)ccc3o2)cc1NC(=S)NC(=O)c1ccc(-c2ccccc2)cc1. The number of methoxy groups -OCH3 is 1. The minimum atomic E-state index is -0.308. The van der Waals surface area contributed by atoms with E-state index in [1.807, 2.05) is 66.7 Å². The molecular formula is C31H27N3O3S. The Kier molecular flexibility index (Phi) is 7.20. The van der Waals surface area contributed by atoms with Gasteiger partial charge in [0.05, 0.1) is 12.8 Å². The second-order valence-corrected chi connectivity index (χ2v) is 9.58. The lowest BCUT2D eigenvalue weighted by Crippen LogP contribution is -2.34. The first-order chi connectivity index (χ1) is 18.4. The first-order valence-electron chi connectivity index (χ1n) is 12.3. The molecule has 1 aromatic heterocycles. The Morgan fingerprint density at radius 1 is 0.895 bits per heavy atom. The van der Waals surface area contributed by atoms with E-state index < -0.39 is 0 Å². The van der Waals surface area contributed by atoms with Crippen molar-refractivity contribution < 1.29 is 13.9 Å². The van der Waals surface area contributed by atoms with Gasteiger partial charge in [0, 0.05) is 11.1 Å². The normalized spacial score (nSPS) is 10.9. The van der Waals surface area contributed by atoms with Crippen LogP contribution in [0.3, 0.4) is 0 Å². The number of nitrogens with zero attached hydrogens (tertiary/aromatic N) is 1. The summed E-state index contributed by atoms with van der Waals surface area (Å²) in [6, 6.07) is 28.9. The highest BCUT2D eigenvalue weighted by Gasteiger charge is 2.15. The lowest BCUT2D eigenvalue weighted by atomic mass is 10.0. The van der Waals surface area contributed by atoms with E-state index in [2.05, 4.69) is 35.5 Å². The zero-order valence-electron chi connectivity index (χ0n) is 21.3. The van der Waals surface area contributed by atoms with Crippen LogP contribution in [0.2, 0.25) is 0 Å². The molecule has 1 heterocycles. The molecule has 4 aromatic carbocycles. The fourth-order valence-electron chi connectivity index (χ4n) is 4.14. The number of aromatic nitrogens is 1. The number of hydrogen-bond donors (Lipinski definition) is 2. The van der Waals surface area contributed by atoms with Gasteiger partial charge in [-0.25, -0.2) is 4.98 Å². The largest absolute Gasteiger partial charge is 0.495 e. The molecule has 5 aromatic rings. The van der Waals surface area contributed by atoms with E-state index in [1.54, 1.807) is 25.3 Å². The molecule has 5 rings (SSSR count). The summed E-state index contributed by atoms with van der Waals surface area (Å²) in [5.74, 6) is 1.14. The number of carbonyl (C=O) groups is 1. The van der Waals surface area contributed by atoms with E-state index in [0.717, 1.165) is 27.8 Å². The summed E-state index contributed by atoms with van der Waals surface area (Å²) >= 11 is 5.44. The van der Waals surface area contributed by atoms with Gasteiger partial charge in [0.1, 0.15) is 11.3 Å². The number of benzene rings is 4. The molecule has 0 fully saturated rings. The van der Waals surface area contributed by atoms with Crippen LogP contribution in [0.15, 0.2) is 95.4 Å². The van der Waals surface area contributed by atoms with Gasteiger partial charge in [0.15, 0.2) is 10.7 Å². The molecule has 0 bridgehead atoms. The molecule has 6 nitrogen and oxygen atoms in total. The molecule has 0 aliphatic carbocycles. The van der Waals surface area contributed by atoms with Gasteiger partial charge in [-0.2, -0.15) is 0 Å². The molecule has 0 atom stereocenters. The Labute approximate surface area is 226 Å². The molecule has 0 saturated carbocycles. The van der Waals surface area contributed by atoms with Crippen molar-refractivity contribution in [2.75, 3.05) is 12.4 Å². The Morgan fingerprint density at radius 3 is 2.32 bits per heavy atom. The van der Waals surface area contributed by atoms with Crippen molar-refractivity contribution in [2.24, 2.45) is 0 Å². The highest BCUT2D eigenvalue weighted by atomic mass is 32.1. The monoisotopic (exact) mass is 521 g/mol. The van der Waals surface area contributed by atoms with Gasteiger partial charge in [0.25, 0.3) is 5.91 Å². The summed E-state index contributed by atoms with van der Waals surface area (Å²) in [7, 11) is 1.57. The number of ether oxygens (including phenoxy) is 1. The van der Waals surface area contributed by atoms with E-state index in [1.165, 1.54) is 5.56 Å².